The summed E-state index contributed by atoms with van der Waals surface area (Å²) < 4.78 is 27.8. The monoisotopic (exact) mass is 529 g/mol. The minimum Gasteiger partial charge on any atom is -0.393 e. The lowest BCUT2D eigenvalue weighted by Gasteiger charge is -2.62. The van der Waals surface area contributed by atoms with E-state index in [2.05, 4.69) is 20.8 Å². The molecule has 1 amide bonds. The highest BCUT2D eigenvalue weighted by molar-refractivity contribution is 5.95. The van der Waals surface area contributed by atoms with Crippen LogP contribution in [-0.4, -0.2) is 34.9 Å². The van der Waals surface area contributed by atoms with Crippen LogP contribution in [0.1, 0.15) is 90.5 Å². The molecule has 1 aliphatic heterocycles. The molecule has 0 saturated heterocycles. The highest BCUT2D eigenvalue weighted by Crippen LogP contribution is 2.68. The average Bonchev–Trinajstić information content (AvgIpc) is 3.47. The van der Waals surface area contributed by atoms with Gasteiger partial charge in [0.25, 0.3) is 0 Å². The Morgan fingerprint density at radius 3 is 2.58 bits per heavy atom. The van der Waals surface area contributed by atoms with Gasteiger partial charge in [-0.25, -0.2) is 8.78 Å². The van der Waals surface area contributed by atoms with E-state index in [1.54, 1.807) is 4.90 Å². The Bertz CT molecular complexity index is 1090. The number of aliphatic hydroxyl groups excluding tert-OH is 2. The summed E-state index contributed by atoms with van der Waals surface area (Å²) in [6, 6.07) is 2.66. The molecule has 4 aliphatic carbocycles. The van der Waals surface area contributed by atoms with Crippen molar-refractivity contribution in [3.8, 4) is 0 Å². The quantitative estimate of drug-likeness (QED) is 0.484. The molecule has 0 bridgehead atoms. The van der Waals surface area contributed by atoms with Gasteiger partial charge < -0.3 is 15.1 Å². The van der Waals surface area contributed by atoms with Crippen LogP contribution in [0, 0.1) is 58.0 Å². The van der Waals surface area contributed by atoms with Crippen molar-refractivity contribution in [1.82, 2.24) is 0 Å². The van der Waals surface area contributed by atoms with E-state index < -0.39 is 11.6 Å². The average molecular weight is 530 g/mol. The van der Waals surface area contributed by atoms with Crippen LogP contribution < -0.4 is 4.90 Å². The fraction of sp³-hybridized carbons (Fsp3) is 0.781. The summed E-state index contributed by atoms with van der Waals surface area (Å²) in [6.45, 7) is 7.63. The highest BCUT2D eigenvalue weighted by atomic mass is 19.2. The molecule has 2 N–H and O–H groups in total. The van der Waals surface area contributed by atoms with Crippen LogP contribution in [0.4, 0.5) is 14.5 Å². The van der Waals surface area contributed by atoms with Crippen LogP contribution in [-0.2, 0) is 11.2 Å². The second kappa shape index (κ2) is 9.54. The standard InChI is InChI=1S/C32H45F2NO3/c1-18(4-9-28(38)35-15-12-21-26(35)8-7-25(33)30(21)34)22-5-6-23-29-24(11-14-32(22,23)3)31(2)13-10-20(36)16-19(31)17-27(29)37/h7-8,18-20,22-24,27,29,36-37H,4-6,9-17H2,1-3H3/t18-,19+,20-,22-,23+,24+,27-,29+,31+,32-/m1/s1. The number of halogens is 2. The largest absolute Gasteiger partial charge is 0.393 e. The smallest absolute Gasteiger partial charge is 0.227 e. The number of fused-ring (bicyclic) bond motifs is 6. The molecule has 10 atom stereocenters. The Morgan fingerprint density at radius 1 is 1.05 bits per heavy atom. The van der Waals surface area contributed by atoms with Gasteiger partial charge in [0.1, 0.15) is 0 Å². The van der Waals surface area contributed by atoms with Crippen molar-refractivity contribution in [1.29, 1.82) is 0 Å². The zero-order chi connectivity index (χ0) is 27.0. The summed E-state index contributed by atoms with van der Waals surface area (Å²) in [5.74, 6) is 1.10. The maximum absolute atomic E-state index is 14.2. The van der Waals surface area contributed by atoms with Crippen molar-refractivity contribution in [3.05, 3.63) is 29.3 Å². The molecule has 6 rings (SSSR count). The van der Waals surface area contributed by atoms with Gasteiger partial charge in [-0.05, 0) is 123 Å². The summed E-state index contributed by atoms with van der Waals surface area (Å²) in [7, 11) is 0. The maximum atomic E-state index is 14.2. The first-order valence-corrected chi connectivity index (χ1v) is 15.2. The van der Waals surface area contributed by atoms with Gasteiger partial charge in [-0.2, -0.15) is 0 Å². The molecule has 4 nitrogen and oxygen atoms in total. The molecule has 4 saturated carbocycles. The van der Waals surface area contributed by atoms with Crippen LogP contribution in [0.3, 0.4) is 0 Å². The Labute approximate surface area is 226 Å². The first kappa shape index (κ1) is 26.7. The van der Waals surface area contributed by atoms with Crippen LogP contribution in [0.2, 0.25) is 0 Å². The van der Waals surface area contributed by atoms with Crippen molar-refractivity contribution in [2.45, 2.75) is 104 Å². The lowest BCUT2D eigenvalue weighted by molar-refractivity contribution is -0.174. The number of hydrogen-bond acceptors (Lipinski definition) is 3. The summed E-state index contributed by atoms with van der Waals surface area (Å²) in [5, 5.41) is 21.8. The molecule has 1 heterocycles. The first-order valence-electron chi connectivity index (χ1n) is 15.2. The number of amides is 1. The molecule has 1 aromatic rings. The van der Waals surface area contributed by atoms with Gasteiger partial charge in [0.2, 0.25) is 5.91 Å². The van der Waals surface area contributed by atoms with Crippen LogP contribution >= 0.6 is 0 Å². The second-order valence-corrected chi connectivity index (χ2v) is 14.1. The zero-order valence-corrected chi connectivity index (χ0v) is 23.3. The molecule has 0 unspecified atom stereocenters. The number of anilines is 1. The number of nitrogens with zero attached hydrogens (tertiary/aromatic N) is 1. The van der Waals surface area contributed by atoms with Crippen molar-refractivity contribution in [2.24, 2.45) is 46.3 Å². The van der Waals surface area contributed by atoms with Crippen molar-refractivity contribution < 1.29 is 23.8 Å². The molecular weight excluding hydrogens is 484 g/mol. The molecule has 38 heavy (non-hydrogen) atoms. The van der Waals surface area contributed by atoms with E-state index in [0.29, 0.717) is 66.1 Å². The SMILES string of the molecule is C[C@H](CCC(=O)N1CCc2c1ccc(F)c2F)[C@H]1CC[C@H]2[C@@H]3[C@H](O)C[C@@H]4C[C@H](O)CC[C@]4(C)[C@H]3CC[C@]12C. The summed E-state index contributed by atoms with van der Waals surface area (Å²) in [5.41, 5.74) is 1.27. The number of benzene rings is 1. The summed E-state index contributed by atoms with van der Waals surface area (Å²) in [4.78, 5) is 14.8. The topological polar surface area (TPSA) is 60.8 Å². The van der Waals surface area contributed by atoms with Crippen LogP contribution in [0.15, 0.2) is 12.1 Å². The van der Waals surface area contributed by atoms with Gasteiger partial charge in [0.05, 0.1) is 17.9 Å². The van der Waals surface area contributed by atoms with Crippen molar-refractivity contribution in [2.75, 3.05) is 11.4 Å². The first-order chi connectivity index (χ1) is 18.0. The van der Waals surface area contributed by atoms with Gasteiger partial charge >= 0.3 is 0 Å². The van der Waals surface area contributed by atoms with E-state index in [4.69, 9.17) is 0 Å². The molecule has 0 spiro atoms. The van der Waals surface area contributed by atoms with E-state index >= 15 is 0 Å². The minimum absolute atomic E-state index is 0.00571. The third kappa shape index (κ3) is 3.98. The van der Waals surface area contributed by atoms with Gasteiger partial charge in [0, 0.05) is 18.5 Å². The van der Waals surface area contributed by atoms with Gasteiger partial charge in [-0.1, -0.05) is 20.8 Å². The molecule has 210 valence electrons. The number of aliphatic hydroxyl groups is 2. The molecule has 6 heteroatoms. The van der Waals surface area contributed by atoms with Gasteiger partial charge in [-0.15, -0.1) is 0 Å². The Kier molecular flexibility index (Phi) is 6.70. The number of rotatable bonds is 4. The minimum atomic E-state index is -0.848. The predicted molar refractivity (Wildman–Crippen MR) is 143 cm³/mol. The summed E-state index contributed by atoms with van der Waals surface area (Å²) in [6.07, 6.45) is 9.41. The van der Waals surface area contributed by atoms with E-state index in [9.17, 15) is 23.8 Å². The number of carbonyl (C=O) groups is 1. The molecule has 0 radical (unpaired) electrons. The van der Waals surface area contributed by atoms with E-state index in [1.165, 1.54) is 12.5 Å². The van der Waals surface area contributed by atoms with Gasteiger partial charge in [-0.3, -0.25) is 4.79 Å². The van der Waals surface area contributed by atoms with E-state index in [0.717, 1.165) is 57.4 Å². The van der Waals surface area contributed by atoms with Crippen LogP contribution in [0.25, 0.3) is 0 Å². The molecular formula is C32H45F2NO3. The maximum Gasteiger partial charge on any atom is 0.227 e. The Morgan fingerprint density at radius 2 is 1.79 bits per heavy atom. The lowest BCUT2D eigenvalue weighted by atomic mass is 9.43. The molecule has 5 aliphatic rings. The van der Waals surface area contributed by atoms with E-state index in [1.807, 2.05) is 0 Å². The third-order valence-corrected chi connectivity index (χ3v) is 12.6. The van der Waals surface area contributed by atoms with Crippen molar-refractivity contribution >= 4 is 11.6 Å². The Balaban J connectivity index is 1.13. The fourth-order valence-electron chi connectivity index (χ4n) is 10.5. The van der Waals surface area contributed by atoms with Gasteiger partial charge in [0.15, 0.2) is 11.6 Å². The second-order valence-electron chi connectivity index (χ2n) is 14.1. The summed E-state index contributed by atoms with van der Waals surface area (Å²) >= 11 is 0. The zero-order valence-electron chi connectivity index (χ0n) is 23.3. The number of hydrogen-bond donors (Lipinski definition) is 2. The lowest BCUT2D eigenvalue weighted by Crippen LogP contribution is -2.58. The molecule has 0 aromatic heterocycles. The fourth-order valence-corrected chi connectivity index (χ4v) is 10.5. The third-order valence-electron chi connectivity index (χ3n) is 12.6. The van der Waals surface area contributed by atoms with Crippen LogP contribution in [0.5, 0.6) is 0 Å². The normalized spacial score (nSPS) is 42.7. The van der Waals surface area contributed by atoms with E-state index in [-0.39, 0.29) is 28.9 Å². The Hall–Kier alpha value is -1.53. The number of carbonyl (C=O) groups excluding carboxylic acids is 1. The molecule has 1 aromatic carbocycles. The highest BCUT2D eigenvalue weighted by Gasteiger charge is 2.62. The molecule has 4 fully saturated rings. The van der Waals surface area contributed by atoms with Crippen molar-refractivity contribution in [3.63, 3.8) is 0 Å². The predicted octanol–water partition coefficient (Wildman–Crippen LogP) is 6.26.